The number of fused-ring (bicyclic) bond motifs is 6. The van der Waals surface area contributed by atoms with Gasteiger partial charge in [0, 0.05) is 46.3 Å². The lowest BCUT2D eigenvalue weighted by Gasteiger charge is -2.25. The van der Waals surface area contributed by atoms with Gasteiger partial charge < -0.3 is 19.3 Å². The summed E-state index contributed by atoms with van der Waals surface area (Å²) in [6.45, 7) is 0. The number of ether oxygens (including phenoxy) is 2. The monoisotopic (exact) mass is 746 g/mol. The van der Waals surface area contributed by atoms with Gasteiger partial charge in [0.1, 0.15) is 23.0 Å². The minimum Gasteiger partial charge on any atom is -0.457 e. The molecule has 0 aliphatic carbocycles. The van der Waals surface area contributed by atoms with Gasteiger partial charge in [-0.25, -0.2) is 0 Å². The standard InChI is InChI=1S/C54H38N2O2/c1-5-17-39(18-6-1)55(40-19-7-2-8-20-40)43-25-15-27-45(35-43)57-47-31-33-51-49-29-13-14-30-50(49)52-34-32-48(38-54(52)53(51)37-47)58-46-28-16-26-44(36-46)56(41-21-9-3-10-22-41)42-23-11-4-12-24-42/h1-38H. The quantitative estimate of drug-likeness (QED) is 0.130. The lowest BCUT2D eigenvalue weighted by molar-refractivity contribution is 0.483. The summed E-state index contributed by atoms with van der Waals surface area (Å²) in [6.07, 6.45) is 0. The first kappa shape index (κ1) is 34.7. The van der Waals surface area contributed by atoms with Gasteiger partial charge in [0.15, 0.2) is 0 Å². The maximum Gasteiger partial charge on any atom is 0.129 e. The molecule has 0 heterocycles. The van der Waals surface area contributed by atoms with Crippen LogP contribution in [0.4, 0.5) is 34.1 Å². The van der Waals surface area contributed by atoms with E-state index in [4.69, 9.17) is 9.47 Å². The van der Waals surface area contributed by atoms with Crippen molar-refractivity contribution in [2.24, 2.45) is 0 Å². The van der Waals surface area contributed by atoms with Crippen LogP contribution in [-0.2, 0) is 0 Å². The van der Waals surface area contributed by atoms with E-state index in [2.05, 4.69) is 192 Å². The minimum absolute atomic E-state index is 0.753. The molecule has 10 rings (SSSR count). The zero-order valence-electron chi connectivity index (χ0n) is 31.7. The van der Waals surface area contributed by atoms with Crippen LogP contribution >= 0.6 is 0 Å². The van der Waals surface area contributed by atoms with Crippen LogP contribution < -0.4 is 19.3 Å². The third kappa shape index (κ3) is 6.84. The van der Waals surface area contributed by atoms with Crippen molar-refractivity contribution < 1.29 is 9.47 Å². The van der Waals surface area contributed by atoms with Gasteiger partial charge in [0.25, 0.3) is 0 Å². The number of rotatable bonds is 10. The second kappa shape index (κ2) is 15.4. The normalized spacial score (nSPS) is 11.1. The smallest absolute Gasteiger partial charge is 0.129 e. The average molecular weight is 747 g/mol. The highest BCUT2D eigenvalue weighted by Crippen LogP contribution is 2.42. The molecule has 0 atom stereocenters. The van der Waals surface area contributed by atoms with Gasteiger partial charge in [-0.2, -0.15) is 0 Å². The van der Waals surface area contributed by atoms with Crippen molar-refractivity contribution in [2.75, 3.05) is 9.80 Å². The Kier molecular flexibility index (Phi) is 9.18. The molecule has 10 aromatic rings. The highest BCUT2D eigenvalue weighted by atomic mass is 16.5. The molecular formula is C54H38N2O2. The fourth-order valence-electron chi connectivity index (χ4n) is 7.89. The van der Waals surface area contributed by atoms with Crippen molar-refractivity contribution in [3.8, 4) is 23.0 Å². The Morgan fingerprint density at radius 1 is 0.207 bits per heavy atom. The summed E-state index contributed by atoms with van der Waals surface area (Å²) in [5, 5.41) is 6.90. The largest absolute Gasteiger partial charge is 0.457 e. The van der Waals surface area contributed by atoms with Gasteiger partial charge in [-0.15, -0.1) is 0 Å². The number of hydrogen-bond donors (Lipinski definition) is 0. The maximum absolute atomic E-state index is 6.68. The van der Waals surface area contributed by atoms with E-state index in [1.165, 1.54) is 10.8 Å². The lowest BCUT2D eigenvalue weighted by atomic mass is 9.94. The Hall–Kier alpha value is -7.82. The molecule has 0 aliphatic heterocycles. The fourth-order valence-corrected chi connectivity index (χ4v) is 7.89. The molecule has 0 saturated carbocycles. The summed E-state index contributed by atoms with van der Waals surface area (Å²) in [5.41, 5.74) is 6.31. The molecule has 0 radical (unpaired) electrons. The van der Waals surface area contributed by atoms with Crippen LogP contribution in [0.1, 0.15) is 0 Å². The summed E-state index contributed by atoms with van der Waals surface area (Å²) in [7, 11) is 0. The van der Waals surface area contributed by atoms with Gasteiger partial charge in [0.2, 0.25) is 0 Å². The molecule has 0 aliphatic rings. The van der Waals surface area contributed by atoms with Gasteiger partial charge in [-0.05, 0) is 129 Å². The van der Waals surface area contributed by atoms with Crippen LogP contribution in [0.5, 0.6) is 23.0 Å². The predicted octanol–water partition coefficient (Wildman–Crippen LogP) is 15.7. The van der Waals surface area contributed by atoms with Crippen LogP contribution in [0.3, 0.4) is 0 Å². The molecule has 58 heavy (non-hydrogen) atoms. The Bertz CT molecular complexity index is 2720. The Morgan fingerprint density at radius 3 is 0.862 bits per heavy atom. The highest BCUT2D eigenvalue weighted by Gasteiger charge is 2.16. The summed E-state index contributed by atoms with van der Waals surface area (Å²) >= 11 is 0. The molecule has 0 fully saturated rings. The first-order valence-electron chi connectivity index (χ1n) is 19.5. The van der Waals surface area contributed by atoms with Crippen LogP contribution in [0.15, 0.2) is 231 Å². The van der Waals surface area contributed by atoms with Crippen molar-refractivity contribution in [3.63, 3.8) is 0 Å². The fraction of sp³-hybridized carbons (Fsp3) is 0. The molecule has 0 bridgehead atoms. The van der Waals surface area contributed by atoms with Gasteiger partial charge in [0.05, 0.1) is 0 Å². The molecule has 0 N–H and O–H groups in total. The Labute approximate surface area is 338 Å². The highest BCUT2D eigenvalue weighted by molar-refractivity contribution is 6.25. The molecular weight excluding hydrogens is 709 g/mol. The molecule has 0 unspecified atom stereocenters. The average Bonchev–Trinajstić information content (AvgIpc) is 3.28. The molecule has 10 aromatic carbocycles. The van der Waals surface area contributed by atoms with Crippen LogP contribution in [0, 0.1) is 0 Å². The minimum atomic E-state index is 0.753. The van der Waals surface area contributed by atoms with Crippen molar-refractivity contribution in [1.82, 2.24) is 0 Å². The zero-order chi connectivity index (χ0) is 38.7. The first-order chi connectivity index (χ1) is 28.7. The van der Waals surface area contributed by atoms with Gasteiger partial charge in [-0.3, -0.25) is 0 Å². The number of nitrogens with zero attached hydrogens (tertiary/aromatic N) is 2. The van der Waals surface area contributed by atoms with Gasteiger partial charge >= 0.3 is 0 Å². The van der Waals surface area contributed by atoms with E-state index in [1.54, 1.807) is 0 Å². The second-order valence-electron chi connectivity index (χ2n) is 14.2. The molecule has 276 valence electrons. The topological polar surface area (TPSA) is 24.9 Å². The van der Waals surface area contributed by atoms with E-state index in [1.807, 2.05) is 48.5 Å². The SMILES string of the molecule is c1ccc(N(c2ccccc2)c2cccc(Oc3ccc4c5ccccc5c5ccc(Oc6cccc(N(c7ccccc7)c7ccccc7)c6)cc5c4c3)c2)cc1. The summed E-state index contributed by atoms with van der Waals surface area (Å²) in [5.74, 6) is 3.02. The molecule has 0 amide bonds. The molecule has 0 aromatic heterocycles. The number of benzene rings is 10. The van der Waals surface area contributed by atoms with Crippen LogP contribution in [0.2, 0.25) is 0 Å². The third-order valence-corrected chi connectivity index (χ3v) is 10.5. The van der Waals surface area contributed by atoms with E-state index < -0.39 is 0 Å². The second-order valence-corrected chi connectivity index (χ2v) is 14.2. The Morgan fingerprint density at radius 2 is 0.500 bits per heavy atom. The summed E-state index contributed by atoms with van der Waals surface area (Å²) in [6, 6.07) is 79.6. The van der Waals surface area contributed by atoms with E-state index in [9.17, 15) is 0 Å². The zero-order valence-corrected chi connectivity index (χ0v) is 31.7. The first-order valence-corrected chi connectivity index (χ1v) is 19.5. The van der Waals surface area contributed by atoms with Crippen molar-refractivity contribution in [1.29, 1.82) is 0 Å². The number of anilines is 6. The summed E-state index contributed by atoms with van der Waals surface area (Å²) in [4.78, 5) is 4.48. The number of hydrogen-bond acceptors (Lipinski definition) is 4. The van der Waals surface area contributed by atoms with E-state index in [-0.39, 0.29) is 0 Å². The van der Waals surface area contributed by atoms with Crippen LogP contribution in [-0.4, -0.2) is 0 Å². The molecule has 4 nitrogen and oxygen atoms in total. The van der Waals surface area contributed by atoms with E-state index in [0.29, 0.717) is 0 Å². The van der Waals surface area contributed by atoms with Crippen molar-refractivity contribution in [3.05, 3.63) is 231 Å². The van der Waals surface area contributed by atoms with Gasteiger partial charge in [-0.1, -0.05) is 121 Å². The number of para-hydroxylation sites is 4. The van der Waals surface area contributed by atoms with Crippen molar-refractivity contribution in [2.45, 2.75) is 0 Å². The Balaban J connectivity index is 1.02. The molecule has 0 saturated heterocycles. The van der Waals surface area contributed by atoms with E-state index in [0.717, 1.165) is 78.7 Å². The maximum atomic E-state index is 6.68. The lowest BCUT2D eigenvalue weighted by Crippen LogP contribution is -2.09. The third-order valence-electron chi connectivity index (χ3n) is 10.5. The van der Waals surface area contributed by atoms with Crippen LogP contribution in [0.25, 0.3) is 32.3 Å². The molecule has 0 spiro atoms. The van der Waals surface area contributed by atoms with E-state index >= 15 is 0 Å². The summed E-state index contributed by atoms with van der Waals surface area (Å²) < 4.78 is 13.4. The predicted molar refractivity (Wildman–Crippen MR) is 241 cm³/mol. The molecule has 4 heteroatoms. The van der Waals surface area contributed by atoms with Crippen molar-refractivity contribution >= 4 is 66.4 Å².